The molecule has 0 bridgehead atoms. The van der Waals surface area contributed by atoms with Gasteiger partial charge in [0.2, 0.25) is 0 Å². The van der Waals surface area contributed by atoms with Crippen LogP contribution in [-0.4, -0.2) is 48.1 Å². The molecule has 0 unspecified atom stereocenters. The van der Waals surface area contributed by atoms with E-state index in [9.17, 15) is 14.4 Å². The minimum Gasteiger partial charge on any atom is -0.468 e. The predicted octanol–water partition coefficient (Wildman–Crippen LogP) is 3.82. The highest BCUT2D eigenvalue weighted by atomic mass is 28.3. The summed E-state index contributed by atoms with van der Waals surface area (Å²) in [4.78, 5) is 38.5. The third-order valence-electron chi connectivity index (χ3n) is 5.68. The van der Waals surface area contributed by atoms with E-state index in [2.05, 4.69) is 39.3 Å². The van der Waals surface area contributed by atoms with E-state index in [1.807, 2.05) is 0 Å². The Labute approximate surface area is 164 Å². The molecule has 0 saturated heterocycles. The summed E-state index contributed by atoms with van der Waals surface area (Å²) in [5, 5.41) is 1.97. The van der Waals surface area contributed by atoms with Gasteiger partial charge in [0, 0.05) is 0 Å². The molecule has 7 heteroatoms. The van der Waals surface area contributed by atoms with Gasteiger partial charge in [-0.3, -0.25) is 14.4 Å². The number of hydrogen-bond donors (Lipinski definition) is 0. The SMILES string of the molecule is COC(=O)C1(C(=O)OC)CCC2=C([Si](C)(C)C)C(=O)C([Si](C)(C)C)=C2CC1. The molecule has 0 aromatic rings. The molecule has 0 aromatic carbocycles. The average molecular weight is 409 g/mol. The van der Waals surface area contributed by atoms with E-state index < -0.39 is 33.5 Å². The Kier molecular flexibility index (Phi) is 5.79. The number of carbonyl (C=O) groups is 3. The zero-order valence-corrected chi connectivity index (χ0v) is 19.9. The minimum atomic E-state index is -1.88. The van der Waals surface area contributed by atoms with Crippen LogP contribution in [0.5, 0.6) is 0 Å². The van der Waals surface area contributed by atoms with Crippen molar-refractivity contribution in [1.82, 2.24) is 0 Å². The Morgan fingerprint density at radius 2 is 1.11 bits per heavy atom. The number of methoxy groups -OCH3 is 2. The summed E-state index contributed by atoms with van der Waals surface area (Å²) in [6.45, 7) is 13.1. The third-order valence-corrected chi connectivity index (χ3v) is 9.74. The predicted molar refractivity (Wildman–Crippen MR) is 111 cm³/mol. The normalized spacial score (nSPS) is 20.4. The summed E-state index contributed by atoms with van der Waals surface area (Å²) in [5.74, 6) is -0.834. The fourth-order valence-electron chi connectivity index (χ4n) is 4.52. The van der Waals surface area contributed by atoms with Crippen LogP contribution in [0.4, 0.5) is 0 Å². The van der Waals surface area contributed by atoms with E-state index in [4.69, 9.17) is 9.47 Å². The Morgan fingerprint density at radius 1 is 0.778 bits per heavy atom. The van der Waals surface area contributed by atoms with Gasteiger partial charge in [-0.2, -0.15) is 0 Å². The van der Waals surface area contributed by atoms with Crippen LogP contribution in [0.3, 0.4) is 0 Å². The molecular formula is C20H32O5Si2. The van der Waals surface area contributed by atoms with E-state index in [0.29, 0.717) is 25.7 Å². The average Bonchev–Trinajstić information content (AvgIpc) is 2.73. The number of Topliss-reactive ketones (excluding diaryl/α,β-unsaturated/α-hetero) is 1. The van der Waals surface area contributed by atoms with Gasteiger partial charge in [-0.05, 0) is 47.2 Å². The fourth-order valence-corrected chi connectivity index (χ4v) is 8.62. The van der Waals surface area contributed by atoms with Gasteiger partial charge in [-0.1, -0.05) is 39.3 Å². The molecule has 2 rings (SSSR count). The van der Waals surface area contributed by atoms with E-state index in [-0.39, 0.29) is 5.78 Å². The zero-order valence-electron chi connectivity index (χ0n) is 17.9. The first-order chi connectivity index (χ1) is 12.3. The second-order valence-corrected chi connectivity index (χ2v) is 19.6. The molecule has 0 aromatic heterocycles. The number of hydrogen-bond acceptors (Lipinski definition) is 5. The van der Waals surface area contributed by atoms with Gasteiger partial charge in [-0.15, -0.1) is 0 Å². The summed E-state index contributed by atoms with van der Waals surface area (Å²) in [6, 6.07) is 0. The molecule has 0 heterocycles. The summed E-state index contributed by atoms with van der Waals surface area (Å²) in [7, 11) is -1.14. The first-order valence-electron chi connectivity index (χ1n) is 9.50. The Morgan fingerprint density at radius 3 is 1.37 bits per heavy atom. The lowest BCUT2D eigenvalue weighted by Crippen LogP contribution is -2.41. The van der Waals surface area contributed by atoms with Crippen LogP contribution in [-0.2, 0) is 23.9 Å². The van der Waals surface area contributed by atoms with Crippen molar-refractivity contribution in [2.45, 2.75) is 65.0 Å². The molecule has 0 aliphatic heterocycles. The van der Waals surface area contributed by atoms with E-state index in [1.165, 1.54) is 14.2 Å². The van der Waals surface area contributed by atoms with Gasteiger partial charge in [-0.25, -0.2) is 0 Å². The van der Waals surface area contributed by atoms with Gasteiger partial charge in [0.05, 0.1) is 30.4 Å². The number of ether oxygens (including phenoxy) is 2. The molecule has 1 saturated carbocycles. The Bertz CT molecular complexity index is 685. The van der Waals surface area contributed by atoms with Crippen molar-refractivity contribution in [3.63, 3.8) is 0 Å². The minimum absolute atomic E-state index is 0.238. The van der Waals surface area contributed by atoms with Crippen LogP contribution in [0, 0.1) is 5.41 Å². The van der Waals surface area contributed by atoms with Crippen molar-refractivity contribution >= 4 is 33.9 Å². The smallest absolute Gasteiger partial charge is 0.323 e. The van der Waals surface area contributed by atoms with Crippen molar-refractivity contribution < 1.29 is 23.9 Å². The quantitative estimate of drug-likeness (QED) is 0.402. The molecule has 150 valence electrons. The Balaban J connectivity index is 2.66. The molecule has 2 aliphatic rings. The maximum Gasteiger partial charge on any atom is 0.323 e. The van der Waals surface area contributed by atoms with Crippen LogP contribution in [0.2, 0.25) is 39.3 Å². The van der Waals surface area contributed by atoms with E-state index in [0.717, 1.165) is 21.5 Å². The highest BCUT2D eigenvalue weighted by Crippen LogP contribution is 2.49. The lowest BCUT2D eigenvalue weighted by molar-refractivity contribution is -0.170. The van der Waals surface area contributed by atoms with Crippen LogP contribution in [0.15, 0.2) is 21.5 Å². The van der Waals surface area contributed by atoms with Crippen LogP contribution >= 0.6 is 0 Å². The fraction of sp³-hybridized carbons (Fsp3) is 0.650. The van der Waals surface area contributed by atoms with Crippen LogP contribution in [0.1, 0.15) is 25.7 Å². The van der Waals surface area contributed by atoms with Crippen molar-refractivity contribution in [3.05, 3.63) is 21.5 Å². The summed E-state index contributed by atoms with van der Waals surface area (Å²) in [5.41, 5.74) is 0.920. The summed E-state index contributed by atoms with van der Waals surface area (Å²) in [6.07, 6.45) is 1.73. The van der Waals surface area contributed by atoms with Crippen molar-refractivity contribution in [2.24, 2.45) is 5.41 Å². The van der Waals surface area contributed by atoms with Crippen LogP contribution in [0.25, 0.3) is 0 Å². The molecular weight excluding hydrogens is 376 g/mol. The highest BCUT2D eigenvalue weighted by molar-refractivity contribution is 6.94. The number of esters is 2. The van der Waals surface area contributed by atoms with Crippen molar-refractivity contribution in [3.8, 4) is 0 Å². The van der Waals surface area contributed by atoms with Crippen molar-refractivity contribution in [2.75, 3.05) is 14.2 Å². The molecule has 0 radical (unpaired) electrons. The summed E-state index contributed by atoms with van der Waals surface area (Å²) >= 11 is 0. The second kappa shape index (κ2) is 7.16. The first-order valence-corrected chi connectivity index (χ1v) is 16.5. The van der Waals surface area contributed by atoms with Gasteiger partial charge in [0.25, 0.3) is 0 Å². The largest absolute Gasteiger partial charge is 0.468 e. The number of ketones is 1. The molecule has 5 nitrogen and oxygen atoms in total. The lowest BCUT2D eigenvalue weighted by Gasteiger charge is -2.27. The standard InChI is InChI=1S/C20H32O5Si2/c1-24-18(22)20(19(23)25-2)11-9-13-14(10-12-20)17(27(6,7)8)15(21)16(13)26(3,4)5/h9-12H2,1-8H3. The molecule has 0 atom stereocenters. The lowest BCUT2D eigenvalue weighted by atomic mass is 9.80. The van der Waals surface area contributed by atoms with Crippen LogP contribution < -0.4 is 0 Å². The first kappa shape index (κ1) is 21.8. The van der Waals surface area contributed by atoms with E-state index in [1.54, 1.807) is 0 Å². The van der Waals surface area contributed by atoms with E-state index >= 15 is 0 Å². The molecule has 0 amide bonds. The molecule has 0 spiro atoms. The summed E-state index contributed by atoms with van der Waals surface area (Å²) < 4.78 is 9.96. The maximum atomic E-state index is 13.4. The molecule has 2 aliphatic carbocycles. The van der Waals surface area contributed by atoms with Gasteiger partial charge in [0.1, 0.15) is 0 Å². The third kappa shape index (κ3) is 3.63. The van der Waals surface area contributed by atoms with Gasteiger partial charge >= 0.3 is 11.9 Å². The number of fused-ring (bicyclic) bond motifs is 1. The monoisotopic (exact) mass is 408 g/mol. The van der Waals surface area contributed by atoms with Gasteiger partial charge in [0.15, 0.2) is 11.2 Å². The molecule has 0 N–H and O–H groups in total. The number of rotatable bonds is 4. The molecule has 1 fully saturated rings. The zero-order chi connectivity index (χ0) is 20.8. The second-order valence-electron chi connectivity index (χ2n) is 9.60. The number of allylic oxidation sites excluding steroid dienone is 4. The molecule has 27 heavy (non-hydrogen) atoms. The van der Waals surface area contributed by atoms with Crippen molar-refractivity contribution in [1.29, 1.82) is 0 Å². The maximum absolute atomic E-state index is 13.4. The topological polar surface area (TPSA) is 69.7 Å². The Hall–Kier alpha value is -1.48. The number of carbonyl (C=O) groups excluding carboxylic acids is 3. The van der Waals surface area contributed by atoms with Gasteiger partial charge < -0.3 is 9.47 Å². The highest BCUT2D eigenvalue weighted by Gasteiger charge is 2.52.